The zero-order chi connectivity index (χ0) is 32.8. The second kappa shape index (κ2) is 15.3. The molecule has 2 aliphatic carbocycles. The molecule has 13 heteroatoms. The van der Waals surface area contributed by atoms with Crippen molar-refractivity contribution in [3.8, 4) is 11.5 Å². The van der Waals surface area contributed by atoms with E-state index in [9.17, 15) is 24.6 Å². The summed E-state index contributed by atoms with van der Waals surface area (Å²) in [6.45, 7) is 4.67. The van der Waals surface area contributed by atoms with Gasteiger partial charge in [-0.1, -0.05) is 18.2 Å². The van der Waals surface area contributed by atoms with Crippen molar-refractivity contribution >= 4 is 23.6 Å². The third-order valence-corrected chi connectivity index (χ3v) is 9.32. The molecule has 3 amide bonds. The summed E-state index contributed by atoms with van der Waals surface area (Å²) in [6, 6.07) is 7.16. The third kappa shape index (κ3) is 7.31. The number of alkyl carbamates (subject to hydrolysis) is 1. The van der Waals surface area contributed by atoms with Crippen LogP contribution in [0.1, 0.15) is 46.0 Å². The zero-order valence-electron chi connectivity index (χ0n) is 26.6. The van der Waals surface area contributed by atoms with E-state index in [2.05, 4.69) is 10.5 Å². The van der Waals surface area contributed by atoms with E-state index in [4.69, 9.17) is 23.8 Å². The van der Waals surface area contributed by atoms with Crippen molar-refractivity contribution in [3.05, 3.63) is 36.4 Å². The minimum atomic E-state index is -1.12. The van der Waals surface area contributed by atoms with E-state index in [1.54, 1.807) is 38.3 Å². The van der Waals surface area contributed by atoms with Gasteiger partial charge in [0.15, 0.2) is 0 Å². The summed E-state index contributed by atoms with van der Waals surface area (Å²) < 4.78 is 23.0. The standard InChI is InChI=1S/C33H45N3O10/c1-4-15-34-33(41)43-18-27-26(45-20-8-6-19(42-3)7-9-20)13-10-21(46-27)14-16-44-35-24-17-25(37)30(38)28-22(24)11-12-23-29(28)32(40)36(5-2)31(23)39/h6-10,13,21-23,25-30,37-38H,4-5,11-12,14-18H2,1-3H3,(H,34,41)/b35-24+/t21-,22-,23+,25+,26-,27+,28-,29+,30+/m0/s1. The highest BCUT2D eigenvalue weighted by molar-refractivity contribution is 6.06. The molecule has 0 aromatic heterocycles. The normalized spacial score (nSPS) is 32.9. The molecule has 3 N–H and O–H groups in total. The van der Waals surface area contributed by atoms with Gasteiger partial charge in [0.05, 0.1) is 43.0 Å². The minimum Gasteiger partial charge on any atom is -0.497 e. The second-order valence-corrected chi connectivity index (χ2v) is 12.2. The Balaban J connectivity index is 1.20. The van der Waals surface area contributed by atoms with Crippen molar-refractivity contribution < 1.29 is 48.4 Å². The molecule has 5 rings (SSSR count). The number of rotatable bonds is 12. The molecule has 4 aliphatic rings. The van der Waals surface area contributed by atoms with Crippen LogP contribution in [0.15, 0.2) is 41.6 Å². The molecule has 2 aliphatic heterocycles. The molecule has 1 saturated heterocycles. The molecule has 2 saturated carbocycles. The first-order chi connectivity index (χ1) is 22.2. The highest BCUT2D eigenvalue weighted by atomic mass is 16.6. The van der Waals surface area contributed by atoms with Crippen LogP contribution in [0.3, 0.4) is 0 Å². The maximum atomic E-state index is 13.1. The number of hydrogen-bond acceptors (Lipinski definition) is 11. The summed E-state index contributed by atoms with van der Waals surface area (Å²) in [5.41, 5.74) is 0.592. The smallest absolute Gasteiger partial charge is 0.407 e. The number of aliphatic hydroxyl groups is 2. The van der Waals surface area contributed by atoms with E-state index in [-0.39, 0.29) is 50.0 Å². The van der Waals surface area contributed by atoms with Gasteiger partial charge in [-0.25, -0.2) is 4.79 Å². The van der Waals surface area contributed by atoms with Crippen LogP contribution in [0.25, 0.3) is 0 Å². The quantitative estimate of drug-likeness (QED) is 0.133. The lowest BCUT2D eigenvalue weighted by Gasteiger charge is -2.45. The van der Waals surface area contributed by atoms with Gasteiger partial charge in [-0.15, -0.1) is 0 Å². The number of methoxy groups -OCH3 is 1. The van der Waals surface area contributed by atoms with E-state index >= 15 is 0 Å². The Bertz CT molecular complexity index is 1290. The van der Waals surface area contributed by atoms with Gasteiger partial charge < -0.3 is 39.3 Å². The number of nitrogens with one attached hydrogen (secondary N) is 1. The van der Waals surface area contributed by atoms with Gasteiger partial charge in [0.2, 0.25) is 11.8 Å². The van der Waals surface area contributed by atoms with Crippen molar-refractivity contribution in [3.63, 3.8) is 0 Å². The summed E-state index contributed by atoms with van der Waals surface area (Å²) >= 11 is 0. The molecule has 0 unspecified atom stereocenters. The number of aliphatic hydroxyl groups excluding tert-OH is 2. The number of nitrogens with zero attached hydrogens (tertiary/aromatic N) is 2. The summed E-state index contributed by atoms with van der Waals surface area (Å²) in [5, 5.41) is 28.7. The molecule has 0 spiro atoms. The first kappa shape index (κ1) is 33.7. The Labute approximate surface area is 268 Å². The van der Waals surface area contributed by atoms with Crippen LogP contribution < -0.4 is 14.8 Å². The van der Waals surface area contributed by atoms with Gasteiger partial charge in [-0.2, -0.15) is 0 Å². The van der Waals surface area contributed by atoms with Crippen molar-refractivity contribution in [1.29, 1.82) is 0 Å². The average molecular weight is 644 g/mol. The third-order valence-electron chi connectivity index (χ3n) is 9.32. The maximum absolute atomic E-state index is 13.1. The van der Waals surface area contributed by atoms with Crippen LogP contribution in [-0.2, 0) is 23.9 Å². The predicted molar refractivity (Wildman–Crippen MR) is 165 cm³/mol. The molecule has 0 radical (unpaired) electrons. The van der Waals surface area contributed by atoms with Gasteiger partial charge in [-0.05, 0) is 56.5 Å². The van der Waals surface area contributed by atoms with E-state index < -0.39 is 48.3 Å². The summed E-state index contributed by atoms with van der Waals surface area (Å²) in [6.07, 6.45) is 1.97. The summed E-state index contributed by atoms with van der Waals surface area (Å²) in [4.78, 5) is 45.0. The van der Waals surface area contributed by atoms with Crippen LogP contribution in [0.5, 0.6) is 11.5 Å². The molecule has 1 aromatic rings. The lowest BCUT2D eigenvalue weighted by Crippen LogP contribution is -2.54. The molecule has 13 nitrogen and oxygen atoms in total. The number of hydrogen-bond donors (Lipinski definition) is 3. The average Bonchev–Trinajstić information content (AvgIpc) is 3.32. The Hall–Kier alpha value is -3.68. The van der Waals surface area contributed by atoms with Gasteiger partial charge in [-0.3, -0.25) is 14.5 Å². The number of imide groups is 1. The Kier molecular flexibility index (Phi) is 11.2. The fraction of sp³-hybridized carbons (Fsp3) is 0.636. The molecule has 1 aromatic carbocycles. The number of carbonyl (C=O) groups is 3. The summed E-state index contributed by atoms with van der Waals surface area (Å²) in [5.74, 6) is -1.17. The first-order valence-corrected chi connectivity index (χ1v) is 16.2. The van der Waals surface area contributed by atoms with Gasteiger partial charge in [0, 0.05) is 37.8 Å². The molecule has 46 heavy (non-hydrogen) atoms. The van der Waals surface area contributed by atoms with E-state index in [0.717, 1.165) is 6.42 Å². The number of likely N-dealkylation sites (tertiary alicyclic amines) is 1. The Morgan fingerprint density at radius 1 is 1.07 bits per heavy atom. The molecule has 3 fully saturated rings. The largest absolute Gasteiger partial charge is 0.497 e. The highest BCUT2D eigenvalue weighted by Gasteiger charge is 2.59. The van der Waals surface area contributed by atoms with Crippen molar-refractivity contribution in [2.75, 3.05) is 33.4 Å². The summed E-state index contributed by atoms with van der Waals surface area (Å²) in [7, 11) is 1.59. The van der Waals surface area contributed by atoms with Crippen molar-refractivity contribution in [2.24, 2.45) is 28.8 Å². The lowest BCUT2D eigenvalue weighted by atomic mass is 9.60. The topological polar surface area (TPSA) is 165 Å². The maximum Gasteiger partial charge on any atom is 0.407 e. The number of amides is 3. The number of fused-ring (bicyclic) bond motifs is 3. The van der Waals surface area contributed by atoms with Crippen molar-refractivity contribution in [2.45, 2.75) is 76.5 Å². The molecular formula is C33H45N3O10. The monoisotopic (exact) mass is 643 g/mol. The fourth-order valence-electron chi connectivity index (χ4n) is 7.01. The Morgan fingerprint density at radius 3 is 2.52 bits per heavy atom. The van der Waals surface area contributed by atoms with E-state index in [0.29, 0.717) is 43.0 Å². The SMILES string of the molecule is CCCNC(=O)OC[C@H]1O[C@H](CCO/N=C2\C[C@@H](O)[C@@H](O)[C@@H]3[C@@H]4C(=O)N(CC)C(=O)[C@@H]4CC[C@@H]23)C=C[C@@H]1Oc1ccc(OC)cc1. The number of ether oxygens (including phenoxy) is 4. The van der Waals surface area contributed by atoms with E-state index in [1.165, 1.54) is 4.90 Å². The number of oxime groups is 1. The van der Waals surface area contributed by atoms with Crippen LogP contribution in [0, 0.1) is 23.7 Å². The molecule has 2 heterocycles. The van der Waals surface area contributed by atoms with Gasteiger partial charge in [0.1, 0.15) is 36.9 Å². The second-order valence-electron chi connectivity index (χ2n) is 12.2. The van der Waals surface area contributed by atoms with Crippen LogP contribution in [0.2, 0.25) is 0 Å². The van der Waals surface area contributed by atoms with Crippen LogP contribution in [0.4, 0.5) is 4.79 Å². The van der Waals surface area contributed by atoms with Crippen molar-refractivity contribution in [1.82, 2.24) is 10.2 Å². The van der Waals surface area contributed by atoms with Gasteiger partial charge >= 0.3 is 6.09 Å². The fourth-order valence-corrected chi connectivity index (χ4v) is 7.01. The highest BCUT2D eigenvalue weighted by Crippen LogP contribution is 2.49. The first-order valence-electron chi connectivity index (χ1n) is 16.2. The number of carbonyl (C=O) groups excluding carboxylic acids is 3. The van der Waals surface area contributed by atoms with Crippen LogP contribution >= 0.6 is 0 Å². The number of benzene rings is 1. The molecule has 252 valence electrons. The van der Waals surface area contributed by atoms with Crippen LogP contribution in [-0.4, -0.2) is 103 Å². The zero-order valence-corrected chi connectivity index (χ0v) is 26.6. The Morgan fingerprint density at radius 2 is 1.80 bits per heavy atom. The minimum absolute atomic E-state index is 0.0253. The lowest BCUT2D eigenvalue weighted by molar-refractivity contribution is -0.141. The van der Waals surface area contributed by atoms with Gasteiger partial charge in [0.25, 0.3) is 0 Å². The molecular weight excluding hydrogens is 598 g/mol. The van der Waals surface area contributed by atoms with E-state index in [1.807, 2.05) is 19.1 Å². The molecule has 0 bridgehead atoms. The molecule has 9 atom stereocenters. The predicted octanol–water partition coefficient (Wildman–Crippen LogP) is 2.44.